The molecule has 3 heterocycles. The number of carbonyl (C=O) groups excluding carboxylic acids is 1. The van der Waals surface area contributed by atoms with Crippen molar-refractivity contribution < 1.29 is 13.2 Å². The van der Waals surface area contributed by atoms with Crippen LogP contribution in [-0.2, 0) is 34.0 Å². The summed E-state index contributed by atoms with van der Waals surface area (Å²) in [5, 5.41) is 1.36. The van der Waals surface area contributed by atoms with Gasteiger partial charge in [0.1, 0.15) is 4.83 Å². The van der Waals surface area contributed by atoms with Gasteiger partial charge in [0, 0.05) is 23.5 Å². The lowest BCUT2D eigenvalue weighted by Gasteiger charge is -2.28. The van der Waals surface area contributed by atoms with E-state index in [4.69, 9.17) is 4.98 Å². The lowest BCUT2D eigenvalue weighted by molar-refractivity contribution is -0.130. The number of aryl methyl sites for hydroxylation is 2. The van der Waals surface area contributed by atoms with Gasteiger partial charge in [0.15, 0.2) is 15.0 Å². The first-order chi connectivity index (χ1) is 14.9. The number of aromatic nitrogens is 2. The number of rotatable bonds is 6. The average molecular weight is 482 g/mol. The summed E-state index contributed by atoms with van der Waals surface area (Å²) in [5.41, 5.74) is 1.18. The van der Waals surface area contributed by atoms with Gasteiger partial charge in [0.05, 0.1) is 22.6 Å². The molecule has 5 rings (SSSR count). The zero-order valence-corrected chi connectivity index (χ0v) is 20.1. The number of hydrogen-bond donors (Lipinski definition) is 0. The molecule has 1 saturated heterocycles. The molecule has 31 heavy (non-hydrogen) atoms. The van der Waals surface area contributed by atoms with Crippen molar-refractivity contribution >= 4 is 49.1 Å². The molecule has 2 aromatic rings. The number of sulfone groups is 1. The molecule has 1 atom stereocenters. The van der Waals surface area contributed by atoms with Crippen molar-refractivity contribution in [1.82, 2.24) is 14.5 Å². The zero-order valence-electron chi connectivity index (χ0n) is 17.6. The molecule has 0 radical (unpaired) electrons. The molecule has 2 aromatic heterocycles. The molecule has 3 aliphatic rings. The molecule has 0 spiro atoms. The highest BCUT2D eigenvalue weighted by molar-refractivity contribution is 7.99. The van der Waals surface area contributed by atoms with Gasteiger partial charge >= 0.3 is 0 Å². The molecular formula is C21H27N3O4S3. The summed E-state index contributed by atoms with van der Waals surface area (Å²) in [6.45, 7) is 2.44. The van der Waals surface area contributed by atoms with Crippen LogP contribution >= 0.6 is 23.1 Å². The molecule has 168 valence electrons. The molecule has 0 N–H and O–H groups in total. The Balaban J connectivity index is 1.40. The van der Waals surface area contributed by atoms with Crippen LogP contribution in [0.1, 0.15) is 49.5 Å². The Morgan fingerprint density at radius 3 is 2.68 bits per heavy atom. The van der Waals surface area contributed by atoms with Crippen LogP contribution in [0.3, 0.4) is 0 Å². The van der Waals surface area contributed by atoms with E-state index in [0.29, 0.717) is 18.1 Å². The lowest BCUT2D eigenvalue weighted by atomic mass is 9.97. The van der Waals surface area contributed by atoms with Gasteiger partial charge < -0.3 is 4.90 Å². The Morgan fingerprint density at radius 1 is 1.23 bits per heavy atom. The first-order valence-corrected chi connectivity index (χ1v) is 14.7. The van der Waals surface area contributed by atoms with E-state index >= 15 is 0 Å². The summed E-state index contributed by atoms with van der Waals surface area (Å²) in [5.74, 6) is 0.371. The van der Waals surface area contributed by atoms with E-state index in [2.05, 4.69) is 0 Å². The smallest absolute Gasteiger partial charge is 0.263 e. The van der Waals surface area contributed by atoms with Crippen molar-refractivity contribution in [3.8, 4) is 0 Å². The minimum Gasteiger partial charge on any atom is -0.335 e. The molecule has 2 fully saturated rings. The minimum absolute atomic E-state index is 0.00258. The van der Waals surface area contributed by atoms with E-state index in [1.807, 2.05) is 11.8 Å². The maximum absolute atomic E-state index is 13.2. The predicted octanol–water partition coefficient (Wildman–Crippen LogP) is 2.63. The fourth-order valence-electron chi connectivity index (χ4n) is 4.86. The fourth-order valence-corrected chi connectivity index (χ4v) is 8.81. The van der Waals surface area contributed by atoms with Crippen LogP contribution in [0.25, 0.3) is 10.2 Å². The Hall–Kier alpha value is -1.39. The van der Waals surface area contributed by atoms with Crippen LogP contribution in [-0.4, -0.2) is 58.1 Å². The number of carbonyl (C=O) groups is 1. The monoisotopic (exact) mass is 481 g/mol. The first-order valence-electron chi connectivity index (χ1n) is 11.1. The van der Waals surface area contributed by atoms with Crippen molar-refractivity contribution in [3.05, 3.63) is 20.8 Å². The third-order valence-electron chi connectivity index (χ3n) is 6.51. The van der Waals surface area contributed by atoms with Crippen LogP contribution in [0.5, 0.6) is 0 Å². The van der Waals surface area contributed by atoms with E-state index in [0.717, 1.165) is 48.7 Å². The van der Waals surface area contributed by atoms with E-state index in [1.54, 1.807) is 15.9 Å². The van der Waals surface area contributed by atoms with Gasteiger partial charge in [-0.25, -0.2) is 13.4 Å². The summed E-state index contributed by atoms with van der Waals surface area (Å²) in [6.07, 6.45) is 6.65. The summed E-state index contributed by atoms with van der Waals surface area (Å²) >= 11 is 2.93. The minimum atomic E-state index is -3.05. The highest BCUT2D eigenvalue weighted by Gasteiger charge is 2.42. The highest BCUT2D eigenvalue weighted by atomic mass is 32.2. The number of amides is 1. The lowest BCUT2D eigenvalue weighted by Crippen LogP contribution is -2.43. The number of thiophene rings is 1. The number of thioether (sulfide) groups is 1. The Kier molecular flexibility index (Phi) is 5.67. The van der Waals surface area contributed by atoms with Crippen molar-refractivity contribution in [3.63, 3.8) is 0 Å². The normalized spacial score (nSPS) is 22.5. The first kappa shape index (κ1) is 21.5. The average Bonchev–Trinajstić information content (AvgIpc) is 3.39. The maximum atomic E-state index is 13.2. The predicted molar refractivity (Wildman–Crippen MR) is 124 cm³/mol. The van der Waals surface area contributed by atoms with Gasteiger partial charge in [0.2, 0.25) is 5.91 Å². The van der Waals surface area contributed by atoms with E-state index < -0.39 is 9.84 Å². The molecule has 1 saturated carbocycles. The van der Waals surface area contributed by atoms with Crippen LogP contribution in [0.15, 0.2) is 9.95 Å². The quantitative estimate of drug-likeness (QED) is 0.465. The molecule has 1 unspecified atom stereocenters. The van der Waals surface area contributed by atoms with Crippen molar-refractivity contribution in [2.75, 3.05) is 17.3 Å². The van der Waals surface area contributed by atoms with E-state index in [-0.39, 0.29) is 40.8 Å². The third-order valence-corrected chi connectivity index (χ3v) is 10.4. The maximum Gasteiger partial charge on any atom is 0.263 e. The number of fused-ring (bicyclic) bond motifs is 3. The van der Waals surface area contributed by atoms with Crippen LogP contribution in [0, 0.1) is 0 Å². The summed E-state index contributed by atoms with van der Waals surface area (Å²) in [7, 11) is -3.05. The molecule has 7 nitrogen and oxygen atoms in total. The Labute approximate surface area is 190 Å². The molecule has 1 amide bonds. The molecular weight excluding hydrogens is 454 g/mol. The van der Waals surface area contributed by atoms with Gasteiger partial charge in [-0.2, -0.15) is 0 Å². The number of nitrogens with zero attached hydrogens (tertiary/aromatic N) is 3. The zero-order chi connectivity index (χ0) is 21.8. The second kappa shape index (κ2) is 8.19. The van der Waals surface area contributed by atoms with E-state index in [9.17, 15) is 18.0 Å². The topological polar surface area (TPSA) is 89.3 Å². The molecule has 10 heteroatoms. The van der Waals surface area contributed by atoms with E-state index in [1.165, 1.54) is 22.2 Å². The van der Waals surface area contributed by atoms with Crippen LogP contribution in [0.2, 0.25) is 0 Å². The SMILES string of the molecule is CCn1c(SCC(=O)N(C2CC2)C2CCS(=O)(=O)C2)nc2sc3c(c2c1=O)CCCC3. The van der Waals surface area contributed by atoms with Gasteiger partial charge in [-0.3, -0.25) is 14.2 Å². The summed E-state index contributed by atoms with van der Waals surface area (Å²) < 4.78 is 25.5. The summed E-state index contributed by atoms with van der Waals surface area (Å²) in [4.78, 5) is 35.0. The molecule has 1 aliphatic heterocycles. The largest absolute Gasteiger partial charge is 0.335 e. The molecule has 0 bridgehead atoms. The van der Waals surface area contributed by atoms with Gasteiger partial charge in [0.25, 0.3) is 5.56 Å². The van der Waals surface area contributed by atoms with Crippen molar-refractivity contribution in [1.29, 1.82) is 0 Å². The Bertz CT molecular complexity index is 1200. The molecule has 0 aromatic carbocycles. The second-order valence-corrected chi connectivity index (χ2v) is 13.0. The van der Waals surface area contributed by atoms with Crippen LogP contribution < -0.4 is 5.56 Å². The second-order valence-electron chi connectivity index (χ2n) is 8.71. The van der Waals surface area contributed by atoms with Crippen molar-refractivity contribution in [2.45, 2.75) is 75.7 Å². The molecule has 2 aliphatic carbocycles. The van der Waals surface area contributed by atoms with Gasteiger partial charge in [-0.15, -0.1) is 11.3 Å². The fraction of sp³-hybridized carbons (Fsp3) is 0.667. The summed E-state index contributed by atoms with van der Waals surface area (Å²) in [6, 6.07) is -0.0438. The number of hydrogen-bond acceptors (Lipinski definition) is 7. The standard InChI is InChI=1S/C21H27N3O4S3/c1-2-23-20(26)18-15-5-3-4-6-16(15)30-19(18)22-21(23)29-11-17(25)24(13-7-8-13)14-9-10-31(27,28)12-14/h13-14H,2-12H2,1H3. The highest BCUT2D eigenvalue weighted by Crippen LogP contribution is 2.36. The van der Waals surface area contributed by atoms with Crippen molar-refractivity contribution in [2.24, 2.45) is 0 Å². The van der Waals surface area contributed by atoms with Gasteiger partial charge in [-0.1, -0.05) is 11.8 Å². The third kappa shape index (κ3) is 4.06. The van der Waals surface area contributed by atoms with Gasteiger partial charge in [-0.05, 0) is 57.4 Å². The Morgan fingerprint density at radius 2 is 2.00 bits per heavy atom. The van der Waals surface area contributed by atoms with Crippen LogP contribution in [0.4, 0.5) is 0 Å².